The number of carbonyl (C=O) groups is 2. The lowest BCUT2D eigenvalue weighted by Gasteiger charge is -2.43. The van der Waals surface area contributed by atoms with Crippen LogP contribution in [0.3, 0.4) is 0 Å². The van der Waals surface area contributed by atoms with Gasteiger partial charge in [0.15, 0.2) is 0 Å². The van der Waals surface area contributed by atoms with Gasteiger partial charge in [0.05, 0.1) is 18.2 Å². The molecule has 3 aromatic rings. The molecule has 3 heterocycles. The molecular formula is C31H34N2O5. The Labute approximate surface area is 223 Å². The van der Waals surface area contributed by atoms with Gasteiger partial charge in [0.2, 0.25) is 0 Å². The molecule has 38 heavy (non-hydrogen) atoms. The maximum atomic E-state index is 13.0. The van der Waals surface area contributed by atoms with Gasteiger partial charge in [0.25, 0.3) is 0 Å². The van der Waals surface area contributed by atoms with E-state index in [9.17, 15) is 9.59 Å². The molecule has 2 atom stereocenters. The number of piperidine rings is 3. The van der Waals surface area contributed by atoms with E-state index in [2.05, 4.69) is 10.2 Å². The summed E-state index contributed by atoms with van der Waals surface area (Å²) >= 11 is 0. The van der Waals surface area contributed by atoms with E-state index < -0.39 is 6.09 Å². The molecule has 0 spiro atoms. The van der Waals surface area contributed by atoms with Gasteiger partial charge < -0.3 is 19.5 Å². The van der Waals surface area contributed by atoms with Crippen LogP contribution in [0, 0.1) is 5.92 Å². The highest BCUT2D eigenvalue weighted by Crippen LogP contribution is 2.30. The molecule has 0 aliphatic carbocycles. The van der Waals surface area contributed by atoms with Crippen molar-refractivity contribution in [2.24, 2.45) is 5.92 Å². The van der Waals surface area contributed by atoms with Gasteiger partial charge in [-0.05, 0) is 79.7 Å². The number of fused-ring (bicyclic) bond motifs is 3. The standard InChI is InChI=1S/C31H34N2O5/c1-2-36-30(34)25-13-11-22(12-14-25)21-37-27-10-6-9-26(19-27)29(24-7-4-3-5-8-24)32-31(35)38-28-20-33-17-15-23(28)16-18-33/h3-14,19,23,28-29H,2,15-18,20-21H2,1H3,(H,32,35)/t28?,29-/m0/s1. The van der Waals surface area contributed by atoms with Crippen molar-refractivity contribution < 1.29 is 23.8 Å². The molecule has 3 fully saturated rings. The first-order valence-electron chi connectivity index (χ1n) is 13.3. The van der Waals surface area contributed by atoms with Crippen LogP contribution in [0.25, 0.3) is 0 Å². The van der Waals surface area contributed by atoms with E-state index in [-0.39, 0.29) is 18.1 Å². The number of carbonyl (C=O) groups excluding carboxylic acids is 2. The number of alkyl carbamates (subject to hydrolysis) is 1. The summed E-state index contributed by atoms with van der Waals surface area (Å²) in [6.07, 6.45) is 1.72. The Balaban J connectivity index is 1.26. The molecule has 0 radical (unpaired) electrons. The van der Waals surface area contributed by atoms with E-state index >= 15 is 0 Å². The van der Waals surface area contributed by atoms with Gasteiger partial charge in [-0.2, -0.15) is 0 Å². The average molecular weight is 515 g/mol. The number of esters is 1. The van der Waals surface area contributed by atoms with Gasteiger partial charge in [-0.1, -0.05) is 54.6 Å². The molecule has 6 rings (SSSR count). The number of nitrogens with one attached hydrogen (secondary N) is 1. The fraction of sp³-hybridized carbons (Fsp3) is 0.355. The molecule has 7 nitrogen and oxygen atoms in total. The number of hydrogen-bond acceptors (Lipinski definition) is 6. The lowest BCUT2D eigenvalue weighted by Crippen LogP contribution is -2.52. The third-order valence-electron chi connectivity index (χ3n) is 7.31. The minimum atomic E-state index is -0.398. The van der Waals surface area contributed by atoms with Gasteiger partial charge in [-0.3, -0.25) is 4.90 Å². The Hall–Kier alpha value is -3.84. The van der Waals surface area contributed by atoms with Crippen molar-refractivity contribution >= 4 is 12.1 Å². The summed E-state index contributed by atoms with van der Waals surface area (Å²) in [4.78, 5) is 27.3. The van der Waals surface area contributed by atoms with Crippen LogP contribution in [0.4, 0.5) is 4.79 Å². The summed E-state index contributed by atoms with van der Waals surface area (Å²) in [5.74, 6) is 0.800. The molecule has 0 aromatic heterocycles. The molecule has 7 heteroatoms. The Bertz CT molecular complexity index is 1220. The lowest BCUT2D eigenvalue weighted by atomic mass is 9.86. The minimum absolute atomic E-state index is 0.0567. The molecular weight excluding hydrogens is 480 g/mol. The quantitative estimate of drug-likeness (QED) is 0.388. The number of ether oxygens (including phenoxy) is 3. The van der Waals surface area contributed by atoms with Gasteiger partial charge in [-0.15, -0.1) is 0 Å². The third kappa shape index (κ3) is 6.34. The highest BCUT2D eigenvalue weighted by molar-refractivity contribution is 5.89. The first-order valence-corrected chi connectivity index (χ1v) is 13.3. The van der Waals surface area contributed by atoms with E-state index in [1.54, 1.807) is 19.1 Å². The fourth-order valence-corrected chi connectivity index (χ4v) is 5.24. The first kappa shape index (κ1) is 25.8. The van der Waals surface area contributed by atoms with Gasteiger partial charge in [0, 0.05) is 6.54 Å². The summed E-state index contributed by atoms with van der Waals surface area (Å²) in [6.45, 7) is 5.49. The summed E-state index contributed by atoms with van der Waals surface area (Å²) in [5, 5.41) is 3.11. The van der Waals surface area contributed by atoms with Crippen molar-refractivity contribution in [2.75, 3.05) is 26.2 Å². The van der Waals surface area contributed by atoms with E-state index in [1.165, 1.54) is 0 Å². The van der Waals surface area contributed by atoms with Gasteiger partial charge >= 0.3 is 12.1 Å². The third-order valence-corrected chi connectivity index (χ3v) is 7.31. The van der Waals surface area contributed by atoms with E-state index in [0.29, 0.717) is 30.4 Å². The Morgan fingerprint density at radius 2 is 1.68 bits per heavy atom. The maximum absolute atomic E-state index is 13.0. The van der Waals surface area contributed by atoms with Crippen LogP contribution < -0.4 is 10.1 Å². The first-order chi connectivity index (χ1) is 18.6. The number of rotatable bonds is 9. The summed E-state index contributed by atoms with van der Waals surface area (Å²) in [5.41, 5.74) is 3.31. The van der Waals surface area contributed by atoms with Crippen LogP contribution in [0.15, 0.2) is 78.9 Å². The number of nitrogens with zero attached hydrogens (tertiary/aromatic N) is 1. The van der Waals surface area contributed by atoms with E-state index in [4.69, 9.17) is 14.2 Å². The van der Waals surface area contributed by atoms with Crippen LogP contribution in [-0.2, 0) is 16.1 Å². The molecule has 1 N–H and O–H groups in total. The SMILES string of the molecule is CCOC(=O)c1ccc(COc2cccc([C@@H](NC(=O)OC3CN4CCC3CC4)c3ccccc3)c2)cc1. The minimum Gasteiger partial charge on any atom is -0.489 e. The van der Waals surface area contributed by atoms with Crippen LogP contribution in [0.5, 0.6) is 5.75 Å². The number of hydrogen-bond donors (Lipinski definition) is 1. The lowest BCUT2D eigenvalue weighted by molar-refractivity contribution is -0.0336. The Morgan fingerprint density at radius 3 is 2.37 bits per heavy atom. The molecule has 2 bridgehead atoms. The molecule has 3 aliphatic heterocycles. The second-order valence-corrected chi connectivity index (χ2v) is 9.85. The van der Waals surface area contributed by atoms with Crippen molar-refractivity contribution in [2.45, 2.75) is 38.5 Å². The molecule has 198 valence electrons. The molecule has 0 saturated carbocycles. The monoisotopic (exact) mass is 514 g/mol. The summed E-state index contributed by atoms with van der Waals surface area (Å²) in [6, 6.07) is 24.4. The van der Waals surface area contributed by atoms with Crippen LogP contribution in [0.1, 0.15) is 52.9 Å². The Morgan fingerprint density at radius 1 is 0.947 bits per heavy atom. The molecule has 3 aromatic carbocycles. The second kappa shape index (κ2) is 12.1. The predicted octanol–water partition coefficient (Wildman–Crippen LogP) is 5.35. The fourth-order valence-electron chi connectivity index (χ4n) is 5.24. The zero-order valence-electron chi connectivity index (χ0n) is 21.7. The zero-order valence-corrected chi connectivity index (χ0v) is 21.7. The molecule has 1 unspecified atom stereocenters. The topological polar surface area (TPSA) is 77.1 Å². The smallest absolute Gasteiger partial charge is 0.408 e. The van der Waals surface area contributed by atoms with Crippen LogP contribution in [0.2, 0.25) is 0 Å². The Kier molecular flexibility index (Phi) is 8.24. The van der Waals surface area contributed by atoms with Crippen molar-refractivity contribution in [3.8, 4) is 5.75 Å². The number of benzene rings is 3. The predicted molar refractivity (Wildman–Crippen MR) is 144 cm³/mol. The van der Waals surface area contributed by atoms with E-state index in [1.807, 2.05) is 66.7 Å². The van der Waals surface area contributed by atoms with E-state index in [0.717, 1.165) is 49.2 Å². The molecule has 1 amide bonds. The van der Waals surface area contributed by atoms with Crippen LogP contribution in [-0.4, -0.2) is 49.3 Å². The van der Waals surface area contributed by atoms with Crippen molar-refractivity contribution in [1.82, 2.24) is 10.2 Å². The highest BCUT2D eigenvalue weighted by atomic mass is 16.6. The second-order valence-electron chi connectivity index (χ2n) is 9.85. The van der Waals surface area contributed by atoms with Gasteiger partial charge in [0.1, 0.15) is 18.5 Å². The van der Waals surface area contributed by atoms with Crippen molar-refractivity contribution in [3.05, 3.63) is 101 Å². The summed E-state index contributed by atoms with van der Waals surface area (Å²) < 4.78 is 17.0. The van der Waals surface area contributed by atoms with Crippen molar-refractivity contribution in [3.63, 3.8) is 0 Å². The highest BCUT2D eigenvalue weighted by Gasteiger charge is 2.36. The largest absolute Gasteiger partial charge is 0.489 e. The van der Waals surface area contributed by atoms with Gasteiger partial charge in [-0.25, -0.2) is 9.59 Å². The van der Waals surface area contributed by atoms with Crippen molar-refractivity contribution in [1.29, 1.82) is 0 Å². The maximum Gasteiger partial charge on any atom is 0.408 e. The summed E-state index contributed by atoms with van der Waals surface area (Å²) in [7, 11) is 0. The molecule has 3 saturated heterocycles. The molecule has 3 aliphatic rings. The number of amides is 1. The van der Waals surface area contributed by atoms with Crippen LogP contribution >= 0.6 is 0 Å². The normalized spacial score (nSPS) is 20.8. The average Bonchev–Trinajstić information content (AvgIpc) is 2.96. The zero-order chi connectivity index (χ0) is 26.3.